The standard InChI is InChI=1S/C12H20N2O3S/c1-9(18(15,16)14(2)3)12(13)10-5-7-11(17-4)8-6-10/h5-9,12H,13H2,1-4H3. The Morgan fingerprint density at radius 1 is 1.22 bits per heavy atom. The van der Waals surface area contributed by atoms with Crippen molar-refractivity contribution in [3.05, 3.63) is 29.8 Å². The number of sulfonamides is 1. The summed E-state index contributed by atoms with van der Waals surface area (Å²) >= 11 is 0. The summed E-state index contributed by atoms with van der Waals surface area (Å²) in [4.78, 5) is 0. The molecular weight excluding hydrogens is 252 g/mol. The highest BCUT2D eigenvalue weighted by Gasteiger charge is 2.29. The van der Waals surface area contributed by atoms with E-state index in [9.17, 15) is 8.42 Å². The van der Waals surface area contributed by atoms with Crippen molar-refractivity contribution in [2.45, 2.75) is 18.2 Å². The SMILES string of the molecule is COc1ccc(C(N)C(C)S(=O)(=O)N(C)C)cc1. The van der Waals surface area contributed by atoms with E-state index in [1.807, 2.05) is 0 Å². The van der Waals surface area contributed by atoms with Gasteiger partial charge in [-0.1, -0.05) is 12.1 Å². The topological polar surface area (TPSA) is 72.6 Å². The Kier molecular flexibility index (Phi) is 4.72. The number of nitrogens with zero attached hydrogens (tertiary/aromatic N) is 1. The summed E-state index contributed by atoms with van der Waals surface area (Å²) < 4.78 is 30.2. The van der Waals surface area contributed by atoms with Crippen LogP contribution in [-0.4, -0.2) is 39.2 Å². The van der Waals surface area contributed by atoms with Gasteiger partial charge < -0.3 is 10.5 Å². The molecule has 2 atom stereocenters. The number of methoxy groups -OCH3 is 1. The fourth-order valence-corrected chi connectivity index (χ4v) is 2.81. The monoisotopic (exact) mass is 272 g/mol. The first-order chi connectivity index (χ1) is 8.30. The predicted molar refractivity (Wildman–Crippen MR) is 72.0 cm³/mol. The molecule has 2 unspecified atom stereocenters. The minimum absolute atomic E-state index is 0.566. The van der Waals surface area contributed by atoms with Crippen LogP contribution in [0.1, 0.15) is 18.5 Å². The normalized spacial score (nSPS) is 15.4. The zero-order chi connectivity index (χ0) is 13.9. The predicted octanol–water partition coefficient (Wildman–Crippen LogP) is 0.975. The molecule has 2 N–H and O–H groups in total. The van der Waals surface area contributed by atoms with Gasteiger partial charge in [-0.05, 0) is 24.6 Å². The van der Waals surface area contributed by atoms with Gasteiger partial charge in [-0.15, -0.1) is 0 Å². The van der Waals surface area contributed by atoms with Crippen LogP contribution < -0.4 is 10.5 Å². The molecule has 1 aromatic rings. The minimum Gasteiger partial charge on any atom is -0.497 e. The third-order valence-corrected chi connectivity index (χ3v) is 5.24. The molecule has 102 valence electrons. The highest BCUT2D eigenvalue weighted by atomic mass is 32.2. The Morgan fingerprint density at radius 2 is 1.72 bits per heavy atom. The molecule has 0 aliphatic carbocycles. The lowest BCUT2D eigenvalue weighted by molar-refractivity contribution is 0.414. The molecule has 6 heteroatoms. The van der Waals surface area contributed by atoms with E-state index in [1.54, 1.807) is 38.3 Å². The number of hydrogen-bond acceptors (Lipinski definition) is 4. The summed E-state index contributed by atoms with van der Waals surface area (Å²) in [6, 6.07) is 6.54. The maximum absolute atomic E-state index is 12.0. The molecule has 0 aromatic heterocycles. The second kappa shape index (κ2) is 5.69. The van der Waals surface area contributed by atoms with Gasteiger partial charge >= 0.3 is 0 Å². The van der Waals surface area contributed by atoms with Crippen molar-refractivity contribution in [2.75, 3.05) is 21.2 Å². The average Bonchev–Trinajstić information content (AvgIpc) is 2.36. The summed E-state index contributed by atoms with van der Waals surface area (Å²) in [5.41, 5.74) is 6.78. The van der Waals surface area contributed by atoms with Gasteiger partial charge in [0, 0.05) is 20.1 Å². The van der Waals surface area contributed by atoms with E-state index in [0.717, 1.165) is 5.56 Å². The zero-order valence-corrected chi connectivity index (χ0v) is 11.9. The van der Waals surface area contributed by atoms with Crippen molar-refractivity contribution >= 4 is 10.0 Å². The Bertz CT molecular complexity index is 483. The summed E-state index contributed by atoms with van der Waals surface area (Å²) in [6.45, 7) is 1.62. The van der Waals surface area contributed by atoms with Gasteiger partial charge in [-0.2, -0.15) is 0 Å². The number of ether oxygens (including phenoxy) is 1. The van der Waals surface area contributed by atoms with Crippen LogP contribution >= 0.6 is 0 Å². The summed E-state index contributed by atoms with van der Waals surface area (Å²) in [6.07, 6.45) is 0. The molecule has 0 heterocycles. The van der Waals surface area contributed by atoms with Crippen LogP contribution in [0.15, 0.2) is 24.3 Å². The molecule has 0 saturated heterocycles. The lowest BCUT2D eigenvalue weighted by Crippen LogP contribution is -2.38. The van der Waals surface area contributed by atoms with Crippen LogP contribution in [0, 0.1) is 0 Å². The highest BCUT2D eigenvalue weighted by Crippen LogP contribution is 2.23. The Balaban J connectivity index is 2.96. The van der Waals surface area contributed by atoms with E-state index in [-0.39, 0.29) is 0 Å². The van der Waals surface area contributed by atoms with Crippen LogP contribution in [0.5, 0.6) is 5.75 Å². The first-order valence-corrected chi connectivity index (χ1v) is 7.12. The maximum atomic E-state index is 12.0. The van der Waals surface area contributed by atoms with E-state index in [2.05, 4.69) is 0 Å². The molecule has 0 spiro atoms. The molecule has 1 rings (SSSR count). The molecule has 1 aromatic carbocycles. The number of rotatable bonds is 5. The van der Waals surface area contributed by atoms with Crippen LogP contribution in [0.2, 0.25) is 0 Å². The molecule has 5 nitrogen and oxygen atoms in total. The third-order valence-electron chi connectivity index (χ3n) is 2.99. The highest BCUT2D eigenvalue weighted by molar-refractivity contribution is 7.89. The zero-order valence-electron chi connectivity index (χ0n) is 11.1. The van der Waals surface area contributed by atoms with E-state index < -0.39 is 21.3 Å². The second-order valence-corrected chi connectivity index (χ2v) is 6.84. The Labute approximate surface area is 109 Å². The fraction of sp³-hybridized carbons (Fsp3) is 0.500. The van der Waals surface area contributed by atoms with E-state index in [4.69, 9.17) is 10.5 Å². The van der Waals surface area contributed by atoms with E-state index in [0.29, 0.717) is 5.75 Å². The van der Waals surface area contributed by atoms with Crippen LogP contribution in [0.25, 0.3) is 0 Å². The third kappa shape index (κ3) is 3.01. The fourth-order valence-electron chi connectivity index (χ4n) is 1.61. The Morgan fingerprint density at radius 3 is 2.11 bits per heavy atom. The average molecular weight is 272 g/mol. The van der Waals surface area contributed by atoms with Crippen LogP contribution in [-0.2, 0) is 10.0 Å². The molecule has 18 heavy (non-hydrogen) atoms. The van der Waals surface area contributed by atoms with Gasteiger partial charge in [0.05, 0.1) is 12.4 Å². The summed E-state index contributed by atoms with van der Waals surface area (Å²) in [7, 11) is 1.23. The van der Waals surface area contributed by atoms with Crippen molar-refractivity contribution in [3.8, 4) is 5.75 Å². The van der Waals surface area contributed by atoms with Crippen molar-refractivity contribution in [1.29, 1.82) is 0 Å². The summed E-state index contributed by atoms with van der Waals surface area (Å²) in [5, 5.41) is -0.680. The van der Waals surface area contributed by atoms with E-state index in [1.165, 1.54) is 18.4 Å². The summed E-state index contributed by atoms with van der Waals surface area (Å²) in [5.74, 6) is 0.717. The Hall–Kier alpha value is -1.11. The number of hydrogen-bond donors (Lipinski definition) is 1. The van der Waals surface area contributed by atoms with Gasteiger partial charge in [-0.25, -0.2) is 12.7 Å². The molecule has 0 aliphatic heterocycles. The molecule has 0 amide bonds. The lowest BCUT2D eigenvalue weighted by Gasteiger charge is -2.24. The molecule has 0 fully saturated rings. The lowest BCUT2D eigenvalue weighted by atomic mass is 10.1. The largest absolute Gasteiger partial charge is 0.497 e. The first-order valence-electron chi connectivity index (χ1n) is 5.61. The van der Waals surface area contributed by atoms with Gasteiger partial charge in [0.1, 0.15) is 5.75 Å². The molecule has 0 bridgehead atoms. The van der Waals surface area contributed by atoms with Crippen LogP contribution in [0.4, 0.5) is 0 Å². The first kappa shape index (κ1) is 14.9. The van der Waals surface area contributed by atoms with E-state index >= 15 is 0 Å². The number of benzene rings is 1. The van der Waals surface area contributed by atoms with Gasteiger partial charge in [0.2, 0.25) is 10.0 Å². The van der Waals surface area contributed by atoms with Crippen molar-refractivity contribution in [2.24, 2.45) is 5.73 Å². The smallest absolute Gasteiger partial charge is 0.218 e. The van der Waals surface area contributed by atoms with Gasteiger partial charge in [0.25, 0.3) is 0 Å². The van der Waals surface area contributed by atoms with Gasteiger partial charge in [0.15, 0.2) is 0 Å². The molecular formula is C12H20N2O3S. The molecule has 0 aliphatic rings. The molecule has 0 saturated carbocycles. The van der Waals surface area contributed by atoms with Crippen molar-refractivity contribution < 1.29 is 13.2 Å². The van der Waals surface area contributed by atoms with Gasteiger partial charge in [-0.3, -0.25) is 0 Å². The quantitative estimate of drug-likeness (QED) is 0.867. The van der Waals surface area contributed by atoms with Crippen molar-refractivity contribution in [1.82, 2.24) is 4.31 Å². The maximum Gasteiger partial charge on any atom is 0.218 e. The van der Waals surface area contributed by atoms with Crippen molar-refractivity contribution in [3.63, 3.8) is 0 Å². The number of nitrogens with two attached hydrogens (primary N) is 1. The minimum atomic E-state index is -3.36. The second-order valence-electron chi connectivity index (χ2n) is 4.33. The van der Waals surface area contributed by atoms with Crippen LogP contribution in [0.3, 0.4) is 0 Å². The molecule has 0 radical (unpaired) electrons.